The molecule has 0 radical (unpaired) electrons. The molecule has 2 fully saturated rings. The Morgan fingerprint density at radius 2 is 1.94 bits per heavy atom. The highest BCUT2D eigenvalue weighted by Gasteiger charge is 2.41. The molecule has 1 aliphatic carbocycles. The molecule has 168 valence electrons. The largest absolute Gasteiger partial charge is 0.371 e. The van der Waals surface area contributed by atoms with Crippen LogP contribution >= 0.6 is 0 Å². The molecular weight excluding hydrogens is 400 g/mol. The Hall–Kier alpha value is -2.57. The predicted molar refractivity (Wildman–Crippen MR) is 122 cm³/mol. The summed E-state index contributed by atoms with van der Waals surface area (Å²) in [5.41, 5.74) is 3.46. The van der Waals surface area contributed by atoms with Gasteiger partial charge in [-0.2, -0.15) is 4.98 Å². The third-order valence-corrected chi connectivity index (χ3v) is 6.97. The van der Waals surface area contributed by atoms with Crippen molar-refractivity contribution >= 4 is 0 Å². The Morgan fingerprint density at radius 1 is 1.09 bits per heavy atom. The van der Waals surface area contributed by atoms with Crippen molar-refractivity contribution in [2.45, 2.75) is 70.1 Å². The van der Waals surface area contributed by atoms with Gasteiger partial charge in [0, 0.05) is 12.7 Å². The standard InChI is InChI=1S/C26H32N4O2/c1-20-9-11-21(12-10-20)26(13-3-4-14-26)25-28-24(32-29-25)18-30-16-6-8-23(17-30)31-19-22-7-2-5-15-27-22/h2,5,7,9-12,15,23H,3-4,6,8,13-14,16-19H2,1H3. The smallest absolute Gasteiger partial charge is 0.240 e. The molecule has 6 heteroatoms. The SMILES string of the molecule is Cc1ccc(C2(c3noc(CN4CCCC(OCc5ccccn5)C4)n3)CCCC2)cc1. The Labute approximate surface area is 190 Å². The van der Waals surface area contributed by atoms with E-state index in [1.807, 2.05) is 24.4 Å². The van der Waals surface area contributed by atoms with Crippen LogP contribution in [0.5, 0.6) is 0 Å². The van der Waals surface area contributed by atoms with Crippen molar-refractivity contribution in [3.8, 4) is 0 Å². The fraction of sp³-hybridized carbons (Fsp3) is 0.500. The van der Waals surface area contributed by atoms with E-state index in [-0.39, 0.29) is 11.5 Å². The molecule has 2 aliphatic rings. The molecule has 3 heterocycles. The molecule has 0 N–H and O–H groups in total. The van der Waals surface area contributed by atoms with E-state index >= 15 is 0 Å². The maximum Gasteiger partial charge on any atom is 0.240 e. The number of aromatic nitrogens is 3. The van der Waals surface area contributed by atoms with E-state index in [4.69, 9.17) is 14.2 Å². The maximum absolute atomic E-state index is 6.14. The molecule has 6 nitrogen and oxygen atoms in total. The van der Waals surface area contributed by atoms with Crippen LogP contribution in [0.4, 0.5) is 0 Å². The van der Waals surface area contributed by atoms with Gasteiger partial charge in [-0.3, -0.25) is 9.88 Å². The van der Waals surface area contributed by atoms with Gasteiger partial charge in [0.25, 0.3) is 0 Å². The van der Waals surface area contributed by atoms with Gasteiger partial charge in [-0.25, -0.2) is 0 Å². The fourth-order valence-corrected chi connectivity index (χ4v) is 5.18. The highest BCUT2D eigenvalue weighted by molar-refractivity contribution is 5.35. The van der Waals surface area contributed by atoms with Gasteiger partial charge in [-0.15, -0.1) is 0 Å². The first-order valence-electron chi connectivity index (χ1n) is 11.9. The zero-order valence-corrected chi connectivity index (χ0v) is 18.9. The lowest BCUT2D eigenvalue weighted by atomic mass is 9.78. The molecule has 1 saturated carbocycles. The molecule has 1 aliphatic heterocycles. The number of ether oxygens (including phenoxy) is 1. The Bertz CT molecular complexity index is 996. The quantitative estimate of drug-likeness (QED) is 0.534. The number of pyridine rings is 1. The second-order valence-electron chi connectivity index (χ2n) is 9.30. The molecule has 1 unspecified atom stereocenters. The van der Waals surface area contributed by atoms with E-state index in [0.717, 1.165) is 50.3 Å². The summed E-state index contributed by atoms with van der Waals surface area (Å²) in [5, 5.41) is 4.48. The molecule has 3 aromatic rings. The lowest BCUT2D eigenvalue weighted by Gasteiger charge is -2.31. The maximum atomic E-state index is 6.14. The molecule has 32 heavy (non-hydrogen) atoms. The minimum Gasteiger partial charge on any atom is -0.371 e. The first kappa shape index (κ1) is 21.3. The predicted octanol–water partition coefficient (Wildman–Crippen LogP) is 4.81. The number of likely N-dealkylation sites (tertiary alicyclic amines) is 1. The molecule has 2 aromatic heterocycles. The number of rotatable bonds is 7. The van der Waals surface area contributed by atoms with Crippen LogP contribution < -0.4 is 0 Å². The van der Waals surface area contributed by atoms with Crippen LogP contribution in [-0.4, -0.2) is 39.2 Å². The molecule has 0 spiro atoms. The van der Waals surface area contributed by atoms with Gasteiger partial charge in [0.2, 0.25) is 5.89 Å². The summed E-state index contributed by atoms with van der Waals surface area (Å²) in [5.74, 6) is 1.57. The summed E-state index contributed by atoms with van der Waals surface area (Å²) in [4.78, 5) is 11.6. The average Bonchev–Trinajstić information content (AvgIpc) is 3.50. The van der Waals surface area contributed by atoms with Gasteiger partial charge in [-0.05, 0) is 56.8 Å². The van der Waals surface area contributed by atoms with Crippen molar-refractivity contribution in [2.24, 2.45) is 0 Å². The third-order valence-electron chi connectivity index (χ3n) is 6.97. The fourth-order valence-electron chi connectivity index (χ4n) is 5.18. The van der Waals surface area contributed by atoms with E-state index in [0.29, 0.717) is 19.0 Å². The van der Waals surface area contributed by atoms with Crippen molar-refractivity contribution < 1.29 is 9.26 Å². The summed E-state index contributed by atoms with van der Waals surface area (Å²) in [6, 6.07) is 14.8. The van der Waals surface area contributed by atoms with Crippen molar-refractivity contribution in [1.82, 2.24) is 20.0 Å². The summed E-state index contributed by atoms with van der Waals surface area (Å²) < 4.78 is 11.9. The van der Waals surface area contributed by atoms with Crippen LogP contribution in [0.15, 0.2) is 53.2 Å². The van der Waals surface area contributed by atoms with E-state index < -0.39 is 0 Å². The van der Waals surface area contributed by atoms with Gasteiger partial charge in [-0.1, -0.05) is 53.9 Å². The van der Waals surface area contributed by atoms with E-state index in [1.165, 1.54) is 24.0 Å². The summed E-state index contributed by atoms with van der Waals surface area (Å²) in [6.07, 6.45) is 8.80. The first-order chi connectivity index (χ1) is 15.7. The molecular formula is C26H32N4O2. The topological polar surface area (TPSA) is 64.3 Å². The minimum atomic E-state index is -0.105. The molecule has 1 aromatic carbocycles. The van der Waals surface area contributed by atoms with Crippen LogP contribution in [0.1, 0.15) is 67.1 Å². The first-order valence-corrected chi connectivity index (χ1v) is 11.9. The molecule has 5 rings (SSSR count). The van der Waals surface area contributed by atoms with E-state index in [9.17, 15) is 0 Å². The van der Waals surface area contributed by atoms with Crippen LogP contribution in [0.2, 0.25) is 0 Å². The zero-order valence-electron chi connectivity index (χ0n) is 18.9. The van der Waals surface area contributed by atoms with Gasteiger partial charge < -0.3 is 9.26 Å². The molecule has 0 amide bonds. The zero-order chi connectivity index (χ0) is 21.8. The van der Waals surface area contributed by atoms with Crippen molar-refractivity contribution in [1.29, 1.82) is 0 Å². The van der Waals surface area contributed by atoms with E-state index in [1.54, 1.807) is 0 Å². The molecule has 1 saturated heterocycles. The normalized spacial score (nSPS) is 21.1. The Morgan fingerprint density at radius 3 is 2.72 bits per heavy atom. The number of nitrogens with zero attached hydrogens (tertiary/aromatic N) is 4. The Balaban J connectivity index is 1.24. The lowest BCUT2D eigenvalue weighted by molar-refractivity contribution is -0.0153. The number of hydrogen-bond donors (Lipinski definition) is 0. The monoisotopic (exact) mass is 432 g/mol. The average molecular weight is 433 g/mol. The van der Waals surface area contributed by atoms with Crippen LogP contribution in [0.3, 0.4) is 0 Å². The van der Waals surface area contributed by atoms with Crippen molar-refractivity contribution in [3.63, 3.8) is 0 Å². The summed E-state index contributed by atoms with van der Waals surface area (Å²) >= 11 is 0. The van der Waals surface area contributed by atoms with Gasteiger partial charge in [0.05, 0.1) is 30.4 Å². The number of piperidine rings is 1. The van der Waals surface area contributed by atoms with Crippen molar-refractivity contribution in [2.75, 3.05) is 13.1 Å². The lowest BCUT2D eigenvalue weighted by Crippen LogP contribution is -2.39. The summed E-state index contributed by atoms with van der Waals surface area (Å²) in [6.45, 7) is 5.28. The van der Waals surface area contributed by atoms with Crippen molar-refractivity contribution in [3.05, 3.63) is 77.2 Å². The van der Waals surface area contributed by atoms with Crippen LogP contribution in [0.25, 0.3) is 0 Å². The van der Waals surface area contributed by atoms with Crippen LogP contribution in [0, 0.1) is 6.92 Å². The molecule has 1 atom stereocenters. The van der Waals surface area contributed by atoms with E-state index in [2.05, 4.69) is 46.2 Å². The minimum absolute atomic E-state index is 0.105. The Kier molecular flexibility index (Phi) is 6.32. The molecule has 0 bridgehead atoms. The highest BCUT2D eigenvalue weighted by atomic mass is 16.5. The second kappa shape index (κ2) is 9.51. The second-order valence-corrected chi connectivity index (χ2v) is 9.30. The highest BCUT2D eigenvalue weighted by Crippen LogP contribution is 2.45. The number of aryl methyl sites for hydroxylation is 1. The number of hydrogen-bond acceptors (Lipinski definition) is 6. The van der Waals surface area contributed by atoms with Gasteiger partial charge >= 0.3 is 0 Å². The van der Waals surface area contributed by atoms with Gasteiger partial charge in [0.1, 0.15) is 0 Å². The summed E-state index contributed by atoms with van der Waals surface area (Å²) in [7, 11) is 0. The van der Waals surface area contributed by atoms with Gasteiger partial charge in [0.15, 0.2) is 5.82 Å². The van der Waals surface area contributed by atoms with Crippen LogP contribution in [-0.2, 0) is 23.3 Å². The number of benzene rings is 1. The third kappa shape index (κ3) is 4.62.